The van der Waals surface area contributed by atoms with Crippen molar-refractivity contribution in [3.05, 3.63) is 24.5 Å². The summed E-state index contributed by atoms with van der Waals surface area (Å²) in [5.74, 6) is 0. The first-order valence-electron chi connectivity index (χ1n) is 4.75. The molecule has 2 aromatic rings. The highest BCUT2D eigenvalue weighted by atomic mass is 32.1. The smallest absolute Gasteiger partial charge is 0.0955 e. The van der Waals surface area contributed by atoms with Crippen molar-refractivity contribution in [2.45, 2.75) is 6.92 Å². The highest BCUT2D eigenvalue weighted by Gasteiger charge is 2.05. The molecule has 0 saturated heterocycles. The van der Waals surface area contributed by atoms with E-state index in [0.717, 1.165) is 21.7 Å². The normalized spacial score (nSPS) is 10.6. The lowest BCUT2D eigenvalue weighted by atomic mass is 10.2. The molecule has 0 atom stereocenters. The summed E-state index contributed by atoms with van der Waals surface area (Å²) in [4.78, 5) is 7.12. The number of benzene rings is 1. The van der Waals surface area contributed by atoms with Crippen LogP contribution in [0.3, 0.4) is 0 Å². The van der Waals surface area contributed by atoms with Crippen LogP contribution in [0.2, 0.25) is 0 Å². The molecule has 0 radical (unpaired) electrons. The first kappa shape index (κ1) is 10.1. The van der Waals surface area contributed by atoms with Gasteiger partial charge in [-0.15, -0.1) is 0 Å². The van der Waals surface area contributed by atoms with Crippen LogP contribution in [0, 0.1) is 0 Å². The second kappa shape index (κ2) is 3.62. The summed E-state index contributed by atoms with van der Waals surface area (Å²) in [5, 5.41) is 0. The SMILES string of the molecule is CC(=S)N(C)c1ccc2ncn(C)c2c1. The van der Waals surface area contributed by atoms with Crippen molar-refractivity contribution in [1.82, 2.24) is 9.55 Å². The molecule has 0 aliphatic carbocycles. The number of thiocarbonyl (C=S) groups is 1. The molecule has 0 saturated carbocycles. The number of hydrogen-bond donors (Lipinski definition) is 0. The minimum absolute atomic E-state index is 0.858. The quantitative estimate of drug-likeness (QED) is 0.687. The zero-order chi connectivity index (χ0) is 11.0. The third kappa shape index (κ3) is 1.72. The number of imidazole rings is 1. The molecule has 0 aliphatic heterocycles. The van der Waals surface area contributed by atoms with Crippen LogP contribution in [-0.4, -0.2) is 21.6 Å². The predicted molar refractivity (Wildman–Crippen MR) is 67.4 cm³/mol. The van der Waals surface area contributed by atoms with Gasteiger partial charge in [0.25, 0.3) is 0 Å². The van der Waals surface area contributed by atoms with Crippen LogP contribution in [0.5, 0.6) is 0 Å². The molecule has 1 aromatic carbocycles. The minimum atomic E-state index is 0.858. The summed E-state index contributed by atoms with van der Waals surface area (Å²) in [6.45, 7) is 1.92. The lowest BCUT2D eigenvalue weighted by Crippen LogP contribution is -2.20. The van der Waals surface area contributed by atoms with Crippen LogP contribution >= 0.6 is 12.2 Å². The fourth-order valence-corrected chi connectivity index (χ4v) is 1.61. The van der Waals surface area contributed by atoms with Gasteiger partial charge < -0.3 is 9.47 Å². The fraction of sp³-hybridized carbons (Fsp3) is 0.273. The molecular formula is C11H13N3S. The standard InChI is InChI=1S/C11H13N3S/c1-8(15)14(3)9-4-5-10-11(6-9)13(2)7-12-10/h4-7H,1-3H3. The predicted octanol–water partition coefficient (Wildman–Crippen LogP) is 2.36. The number of fused-ring (bicyclic) bond motifs is 1. The molecule has 0 fully saturated rings. The fourth-order valence-electron chi connectivity index (χ4n) is 1.50. The Balaban J connectivity index is 2.54. The molecule has 1 aromatic heterocycles. The average Bonchev–Trinajstić information content (AvgIpc) is 2.59. The number of rotatable bonds is 1. The van der Waals surface area contributed by atoms with Gasteiger partial charge in [-0.1, -0.05) is 12.2 Å². The second-order valence-electron chi connectivity index (χ2n) is 3.61. The van der Waals surface area contributed by atoms with Crippen molar-refractivity contribution < 1.29 is 0 Å². The van der Waals surface area contributed by atoms with Gasteiger partial charge >= 0.3 is 0 Å². The van der Waals surface area contributed by atoms with Crippen molar-refractivity contribution in [3.63, 3.8) is 0 Å². The van der Waals surface area contributed by atoms with E-state index in [1.54, 1.807) is 0 Å². The van der Waals surface area contributed by atoms with Crippen LogP contribution in [0.4, 0.5) is 5.69 Å². The molecule has 2 rings (SSSR count). The monoisotopic (exact) mass is 219 g/mol. The molecule has 0 N–H and O–H groups in total. The van der Waals surface area contributed by atoms with Gasteiger partial charge in [0.15, 0.2) is 0 Å². The van der Waals surface area contributed by atoms with Gasteiger partial charge in [-0.3, -0.25) is 0 Å². The zero-order valence-electron chi connectivity index (χ0n) is 9.06. The summed E-state index contributed by atoms with van der Waals surface area (Å²) in [5.41, 5.74) is 3.23. The van der Waals surface area contributed by atoms with Crippen LogP contribution in [-0.2, 0) is 7.05 Å². The maximum Gasteiger partial charge on any atom is 0.0955 e. The first-order chi connectivity index (χ1) is 7.09. The summed E-state index contributed by atoms with van der Waals surface area (Å²) in [6, 6.07) is 6.14. The van der Waals surface area contributed by atoms with E-state index in [-0.39, 0.29) is 0 Å². The maximum atomic E-state index is 5.14. The van der Waals surface area contributed by atoms with E-state index in [1.807, 2.05) is 48.9 Å². The average molecular weight is 219 g/mol. The second-order valence-corrected chi connectivity index (χ2v) is 4.20. The molecule has 0 bridgehead atoms. The lowest BCUT2D eigenvalue weighted by Gasteiger charge is -2.17. The molecule has 15 heavy (non-hydrogen) atoms. The Morgan fingerprint density at radius 1 is 1.47 bits per heavy atom. The Morgan fingerprint density at radius 3 is 2.87 bits per heavy atom. The molecule has 0 aliphatic rings. The van der Waals surface area contributed by atoms with Crippen LogP contribution < -0.4 is 4.90 Å². The molecule has 3 nitrogen and oxygen atoms in total. The Kier molecular flexibility index (Phi) is 2.44. The summed E-state index contributed by atoms with van der Waals surface area (Å²) in [7, 11) is 3.96. The van der Waals surface area contributed by atoms with Gasteiger partial charge in [0, 0.05) is 19.8 Å². The topological polar surface area (TPSA) is 21.1 Å². The molecule has 78 valence electrons. The molecule has 0 amide bonds. The highest BCUT2D eigenvalue weighted by molar-refractivity contribution is 7.80. The molecule has 4 heteroatoms. The Hall–Kier alpha value is -1.42. The molecular weight excluding hydrogens is 206 g/mol. The number of anilines is 1. The van der Waals surface area contributed by atoms with Gasteiger partial charge in [0.05, 0.1) is 22.3 Å². The van der Waals surface area contributed by atoms with Crippen LogP contribution in [0.15, 0.2) is 24.5 Å². The Morgan fingerprint density at radius 2 is 2.20 bits per heavy atom. The number of nitrogens with zero attached hydrogens (tertiary/aromatic N) is 3. The van der Waals surface area contributed by atoms with Gasteiger partial charge in [-0.05, 0) is 25.1 Å². The van der Waals surface area contributed by atoms with E-state index in [2.05, 4.69) is 11.1 Å². The van der Waals surface area contributed by atoms with E-state index < -0.39 is 0 Å². The van der Waals surface area contributed by atoms with E-state index in [0.29, 0.717) is 0 Å². The largest absolute Gasteiger partial charge is 0.339 e. The van der Waals surface area contributed by atoms with Crippen molar-refractivity contribution in [1.29, 1.82) is 0 Å². The Labute approximate surface area is 94.3 Å². The van der Waals surface area contributed by atoms with E-state index in [1.165, 1.54) is 0 Å². The van der Waals surface area contributed by atoms with Crippen molar-refractivity contribution >= 4 is 33.9 Å². The molecule has 0 unspecified atom stereocenters. The van der Waals surface area contributed by atoms with E-state index >= 15 is 0 Å². The van der Waals surface area contributed by atoms with Gasteiger partial charge in [-0.25, -0.2) is 4.98 Å². The molecule has 1 heterocycles. The van der Waals surface area contributed by atoms with Crippen molar-refractivity contribution in [2.24, 2.45) is 7.05 Å². The van der Waals surface area contributed by atoms with Crippen LogP contribution in [0.1, 0.15) is 6.92 Å². The van der Waals surface area contributed by atoms with Gasteiger partial charge in [-0.2, -0.15) is 0 Å². The van der Waals surface area contributed by atoms with Gasteiger partial charge in [0.1, 0.15) is 0 Å². The number of aromatic nitrogens is 2. The molecule has 0 spiro atoms. The summed E-state index contributed by atoms with van der Waals surface area (Å²) >= 11 is 5.14. The number of hydrogen-bond acceptors (Lipinski definition) is 2. The lowest BCUT2D eigenvalue weighted by molar-refractivity contribution is 0.947. The van der Waals surface area contributed by atoms with E-state index in [4.69, 9.17) is 12.2 Å². The van der Waals surface area contributed by atoms with Gasteiger partial charge in [0.2, 0.25) is 0 Å². The highest BCUT2D eigenvalue weighted by Crippen LogP contribution is 2.20. The third-order valence-electron chi connectivity index (χ3n) is 2.57. The van der Waals surface area contributed by atoms with Crippen molar-refractivity contribution in [2.75, 3.05) is 11.9 Å². The first-order valence-corrected chi connectivity index (χ1v) is 5.16. The maximum absolute atomic E-state index is 5.14. The van der Waals surface area contributed by atoms with Crippen molar-refractivity contribution in [3.8, 4) is 0 Å². The summed E-state index contributed by atoms with van der Waals surface area (Å²) < 4.78 is 2.01. The van der Waals surface area contributed by atoms with E-state index in [9.17, 15) is 0 Å². The van der Waals surface area contributed by atoms with Crippen LogP contribution in [0.25, 0.3) is 11.0 Å². The third-order valence-corrected chi connectivity index (χ3v) is 2.84. The number of aryl methyl sites for hydroxylation is 1. The summed E-state index contributed by atoms with van der Waals surface area (Å²) in [6.07, 6.45) is 1.82. The minimum Gasteiger partial charge on any atom is -0.339 e. The Bertz CT molecular complexity index is 516. The zero-order valence-corrected chi connectivity index (χ0v) is 9.88.